The Morgan fingerprint density at radius 2 is 1.62 bits per heavy atom. The Bertz CT molecular complexity index is 372. The molecule has 0 atom stereocenters. The third-order valence-corrected chi connectivity index (χ3v) is 3.57. The van der Waals surface area contributed by atoms with Crippen LogP contribution in [0.5, 0.6) is 11.5 Å². The molecule has 0 aliphatic heterocycles. The highest BCUT2D eigenvalue weighted by Gasteiger charge is 2.35. The zero-order valence-electron chi connectivity index (χ0n) is 10.2. The van der Waals surface area contributed by atoms with E-state index in [0.717, 1.165) is 35.5 Å². The molecular weight excluding hydrogens is 202 g/mol. The molecule has 0 heterocycles. The second-order valence-corrected chi connectivity index (χ2v) is 4.52. The van der Waals surface area contributed by atoms with Gasteiger partial charge in [0, 0.05) is 11.1 Å². The average Bonchev–Trinajstić information content (AvgIpc) is 2.26. The first-order chi connectivity index (χ1) is 7.60. The van der Waals surface area contributed by atoms with Crippen LogP contribution in [0, 0.1) is 6.92 Å². The summed E-state index contributed by atoms with van der Waals surface area (Å²) in [5, 5.41) is 0. The second-order valence-electron chi connectivity index (χ2n) is 4.52. The van der Waals surface area contributed by atoms with Crippen molar-refractivity contribution in [2.24, 2.45) is 5.73 Å². The van der Waals surface area contributed by atoms with Gasteiger partial charge in [-0.1, -0.05) is 0 Å². The van der Waals surface area contributed by atoms with Gasteiger partial charge in [0.2, 0.25) is 0 Å². The lowest BCUT2D eigenvalue weighted by molar-refractivity contribution is 0.251. The Kier molecular flexibility index (Phi) is 2.80. The van der Waals surface area contributed by atoms with Crippen LogP contribution in [0.25, 0.3) is 0 Å². The molecule has 0 amide bonds. The fraction of sp³-hybridized carbons (Fsp3) is 0.538. The average molecular weight is 221 g/mol. The zero-order chi connectivity index (χ0) is 11.8. The lowest BCUT2D eigenvalue weighted by atomic mass is 9.72. The van der Waals surface area contributed by atoms with Crippen molar-refractivity contribution in [2.45, 2.75) is 31.7 Å². The SMILES string of the molecule is COc1cc(C2(N)CCC2)cc(OC)c1C. The highest BCUT2D eigenvalue weighted by Crippen LogP contribution is 2.42. The van der Waals surface area contributed by atoms with Crippen LogP contribution in [-0.2, 0) is 5.54 Å². The number of ether oxygens (including phenoxy) is 2. The van der Waals surface area contributed by atoms with Crippen molar-refractivity contribution in [2.75, 3.05) is 14.2 Å². The van der Waals surface area contributed by atoms with Crippen LogP contribution >= 0.6 is 0 Å². The molecule has 2 rings (SSSR count). The fourth-order valence-electron chi connectivity index (χ4n) is 2.22. The number of methoxy groups -OCH3 is 2. The predicted molar refractivity (Wildman–Crippen MR) is 64.0 cm³/mol. The maximum atomic E-state index is 6.31. The minimum absolute atomic E-state index is 0.172. The van der Waals surface area contributed by atoms with Gasteiger partial charge in [0.1, 0.15) is 11.5 Å². The molecule has 2 N–H and O–H groups in total. The molecule has 1 aromatic rings. The molecule has 1 saturated carbocycles. The minimum atomic E-state index is -0.172. The molecule has 0 radical (unpaired) electrons. The first-order valence-corrected chi connectivity index (χ1v) is 5.63. The van der Waals surface area contributed by atoms with E-state index >= 15 is 0 Å². The van der Waals surface area contributed by atoms with Gasteiger partial charge in [0.25, 0.3) is 0 Å². The van der Waals surface area contributed by atoms with Crippen molar-refractivity contribution in [3.8, 4) is 11.5 Å². The molecule has 88 valence electrons. The molecule has 1 aromatic carbocycles. The monoisotopic (exact) mass is 221 g/mol. The number of hydrogen-bond donors (Lipinski definition) is 1. The lowest BCUT2D eigenvalue weighted by Gasteiger charge is -2.39. The Labute approximate surface area is 96.5 Å². The van der Waals surface area contributed by atoms with E-state index in [2.05, 4.69) is 0 Å². The highest BCUT2D eigenvalue weighted by atomic mass is 16.5. The lowest BCUT2D eigenvalue weighted by Crippen LogP contribution is -2.43. The third-order valence-electron chi connectivity index (χ3n) is 3.57. The topological polar surface area (TPSA) is 44.5 Å². The van der Waals surface area contributed by atoms with Crippen LogP contribution in [0.4, 0.5) is 0 Å². The Morgan fingerprint density at radius 3 is 1.94 bits per heavy atom. The van der Waals surface area contributed by atoms with Crippen LogP contribution in [0.3, 0.4) is 0 Å². The summed E-state index contributed by atoms with van der Waals surface area (Å²) < 4.78 is 10.7. The van der Waals surface area contributed by atoms with Crippen LogP contribution in [0.1, 0.15) is 30.4 Å². The summed E-state index contributed by atoms with van der Waals surface area (Å²) in [6.07, 6.45) is 3.29. The molecule has 0 unspecified atom stereocenters. The number of rotatable bonds is 3. The van der Waals surface area contributed by atoms with Crippen molar-refractivity contribution >= 4 is 0 Å². The summed E-state index contributed by atoms with van der Waals surface area (Å²) in [4.78, 5) is 0. The van der Waals surface area contributed by atoms with Crippen molar-refractivity contribution in [3.63, 3.8) is 0 Å². The normalized spacial score (nSPS) is 17.8. The van der Waals surface area contributed by atoms with Gasteiger partial charge >= 0.3 is 0 Å². The quantitative estimate of drug-likeness (QED) is 0.852. The Hall–Kier alpha value is -1.22. The van der Waals surface area contributed by atoms with E-state index in [1.54, 1.807) is 14.2 Å². The number of benzene rings is 1. The van der Waals surface area contributed by atoms with Crippen molar-refractivity contribution in [3.05, 3.63) is 23.3 Å². The largest absolute Gasteiger partial charge is 0.496 e. The van der Waals surface area contributed by atoms with E-state index in [9.17, 15) is 0 Å². The second kappa shape index (κ2) is 3.98. The molecule has 1 aliphatic rings. The zero-order valence-corrected chi connectivity index (χ0v) is 10.2. The van der Waals surface area contributed by atoms with Crippen molar-refractivity contribution in [1.29, 1.82) is 0 Å². The van der Waals surface area contributed by atoms with Gasteiger partial charge in [-0.25, -0.2) is 0 Å². The van der Waals surface area contributed by atoms with E-state index < -0.39 is 0 Å². The minimum Gasteiger partial charge on any atom is -0.496 e. The van der Waals surface area contributed by atoms with Crippen LogP contribution in [-0.4, -0.2) is 14.2 Å². The van der Waals surface area contributed by atoms with Gasteiger partial charge in [-0.05, 0) is 43.9 Å². The summed E-state index contributed by atoms with van der Waals surface area (Å²) in [7, 11) is 3.35. The summed E-state index contributed by atoms with van der Waals surface area (Å²) in [5.41, 5.74) is 8.29. The molecule has 16 heavy (non-hydrogen) atoms. The standard InChI is InChI=1S/C13H19NO2/c1-9-11(15-2)7-10(8-12(9)16-3)13(14)5-4-6-13/h7-8H,4-6,14H2,1-3H3. The van der Waals surface area contributed by atoms with E-state index in [1.165, 1.54) is 6.42 Å². The molecule has 3 nitrogen and oxygen atoms in total. The van der Waals surface area contributed by atoms with Gasteiger partial charge in [0.15, 0.2) is 0 Å². The van der Waals surface area contributed by atoms with E-state index in [0.29, 0.717) is 0 Å². The van der Waals surface area contributed by atoms with E-state index in [4.69, 9.17) is 15.2 Å². The number of hydrogen-bond acceptors (Lipinski definition) is 3. The van der Waals surface area contributed by atoms with Gasteiger partial charge in [0.05, 0.1) is 14.2 Å². The molecule has 0 spiro atoms. The van der Waals surface area contributed by atoms with Gasteiger partial charge in [-0.15, -0.1) is 0 Å². The van der Waals surface area contributed by atoms with Crippen LogP contribution in [0.2, 0.25) is 0 Å². The molecule has 0 bridgehead atoms. The molecule has 1 fully saturated rings. The molecule has 3 heteroatoms. The maximum absolute atomic E-state index is 6.31. The maximum Gasteiger partial charge on any atom is 0.125 e. The van der Waals surface area contributed by atoms with Gasteiger partial charge in [-0.3, -0.25) is 0 Å². The fourth-order valence-corrected chi connectivity index (χ4v) is 2.22. The third kappa shape index (κ3) is 1.65. The van der Waals surface area contributed by atoms with Crippen LogP contribution < -0.4 is 15.2 Å². The Morgan fingerprint density at radius 1 is 1.12 bits per heavy atom. The summed E-state index contributed by atoms with van der Waals surface area (Å²) >= 11 is 0. The first kappa shape index (κ1) is 11.3. The Balaban J connectivity index is 2.46. The van der Waals surface area contributed by atoms with Gasteiger partial charge in [-0.2, -0.15) is 0 Å². The predicted octanol–water partition coefficient (Wildman–Crippen LogP) is 2.35. The number of nitrogens with two attached hydrogens (primary N) is 1. The van der Waals surface area contributed by atoms with Crippen molar-refractivity contribution in [1.82, 2.24) is 0 Å². The first-order valence-electron chi connectivity index (χ1n) is 5.63. The highest BCUT2D eigenvalue weighted by molar-refractivity contribution is 5.49. The summed E-state index contributed by atoms with van der Waals surface area (Å²) in [5.74, 6) is 1.71. The summed E-state index contributed by atoms with van der Waals surface area (Å²) in [6, 6.07) is 4.08. The van der Waals surface area contributed by atoms with E-state index in [-0.39, 0.29) is 5.54 Å². The molecular formula is C13H19NO2. The molecule has 1 aliphatic carbocycles. The summed E-state index contributed by atoms with van der Waals surface area (Å²) in [6.45, 7) is 1.99. The smallest absolute Gasteiger partial charge is 0.125 e. The van der Waals surface area contributed by atoms with Gasteiger partial charge < -0.3 is 15.2 Å². The van der Waals surface area contributed by atoms with Crippen LogP contribution in [0.15, 0.2) is 12.1 Å². The van der Waals surface area contributed by atoms with Crippen molar-refractivity contribution < 1.29 is 9.47 Å². The van der Waals surface area contributed by atoms with E-state index in [1.807, 2.05) is 19.1 Å². The molecule has 0 aromatic heterocycles. The molecule has 0 saturated heterocycles.